The summed E-state index contributed by atoms with van der Waals surface area (Å²) in [5, 5.41) is 0. The van der Waals surface area contributed by atoms with E-state index in [0.717, 1.165) is 38.5 Å². The van der Waals surface area contributed by atoms with Gasteiger partial charge in [0.2, 0.25) is 0 Å². The molecule has 0 saturated heterocycles. The Morgan fingerprint density at radius 3 is 1.34 bits per heavy atom. The van der Waals surface area contributed by atoms with Crippen LogP contribution in [0.25, 0.3) is 0 Å². The summed E-state index contributed by atoms with van der Waals surface area (Å²) in [7, 11) is 1.36. The summed E-state index contributed by atoms with van der Waals surface area (Å²) in [5.41, 5.74) is 0. The van der Waals surface area contributed by atoms with Crippen LogP contribution in [0, 0.1) is 0 Å². The van der Waals surface area contributed by atoms with Gasteiger partial charge in [0.05, 0.1) is 34.4 Å². The molecule has 0 bridgehead atoms. The first-order chi connectivity index (χ1) is 30.1. The van der Waals surface area contributed by atoms with Crippen molar-refractivity contribution in [2.75, 3.05) is 54.1 Å². The highest BCUT2D eigenvalue weighted by Gasteiger charge is 2.20. The Bertz CT molecular complexity index is 1090. The number of ether oxygens (including phenoxy) is 2. The third kappa shape index (κ3) is 49.7. The highest BCUT2D eigenvalue weighted by Crippen LogP contribution is 2.38. The first-order valence-corrected chi connectivity index (χ1v) is 27.7. The number of quaternary nitrogens is 1. The molecule has 0 amide bonds. The maximum Gasteiger partial charge on any atom is 0.306 e. The Balaban J connectivity index is 4.14. The molecule has 0 aliphatic carbocycles. The van der Waals surface area contributed by atoms with Crippen LogP contribution in [0.15, 0.2) is 36.5 Å². The molecular formula is C53H102NO7P. The predicted octanol–water partition coefficient (Wildman–Crippen LogP) is 15.5. The lowest BCUT2D eigenvalue weighted by atomic mass is 10.1. The van der Waals surface area contributed by atoms with E-state index >= 15 is 0 Å². The predicted molar refractivity (Wildman–Crippen MR) is 263 cm³/mol. The summed E-state index contributed by atoms with van der Waals surface area (Å²) in [6, 6.07) is 0. The Morgan fingerprint density at radius 2 is 0.887 bits per heavy atom. The third-order valence-corrected chi connectivity index (χ3v) is 12.4. The number of unbranched alkanes of at least 4 members (excludes halogenated alkanes) is 29. The monoisotopic (exact) mass is 896 g/mol. The lowest BCUT2D eigenvalue weighted by Gasteiger charge is -2.28. The van der Waals surface area contributed by atoms with Crippen molar-refractivity contribution in [2.45, 2.75) is 245 Å². The maximum absolute atomic E-state index is 12.8. The topological polar surface area (TPSA) is 94.1 Å². The molecule has 8 nitrogen and oxygen atoms in total. The zero-order chi connectivity index (χ0) is 45.5. The number of carbonyl (C=O) groups is 1. The van der Waals surface area contributed by atoms with Crippen LogP contribution < -0.4 is 4.89 Å². The van der Waals surface area contributed by atoms with Gasteiger partial charge in [-0.1, -0.05) is 198 Å². The number of hydrogen-bond donors (Lipinski definition) is 0. The van der Waals surface area contributed by atoms with Crippen LogP contribution in [0.4, 0.5) is 0 Å². The fraction of sp³-hybridized carbons (Fsp3) is 0.868. The van der Waals surface area contributed by atoms with E-state index in [1.165, 1.54) is 180 Å². The van der Waals surface area contributed by atoms with Crippen LogP contribution in [0.2, 0.25) is 0 Å². The zero-order valence-electron chi connectivity index (χ0n) is 41.6. The number of allylic oxidation sites excluding steroid dienone is 6. The maximum atomic E-state index is 12.8. The molecule has 0 aromatic carbocycles. The molecule has 0 rings (SSSR count). The largest absolute Gasteiger partial charge is 0.756 e. The normalized spacial score (nSPS) is 13.8. The first-order valence-electron chi connectivity index (χ1n) is 26.2. The van der Waals surface area contributed by atoms with Crippen molar-refractivity contribution < 1.29 is 37.3 Å². The van der Waals surface area contributed by atoms with Crippen molar-refractivity contribution in [1.82, 2.24) is 0 Å². The van der Waals surface area contributed by atoms with Crippen LogP contribution in [0.5, 0.6) is 0 Å². The van der Waals surface area contributed by atoms with E-state index in [9.17, 15) is 14.3 Å². The zero-order valence-corrected chi connectivity index (χ0v) is 42.5. The van der Waals surface area contributed by atoms with Crippen molar-refractivity contribution >= 4 is 13.8 Å². The molecular weight excluding hydrogens is 794 g/mol. The standard InChI is InChI=1S/C53H102NO7P/c1-6-8-10-12-14-16-18-20-22-24-26-27-28-30-32-34-36-38-40-42-44-46-53(55)61-52(51-60-62(56,57)59-49-47-54(3,4)5)50-58-48-45-43-41-39-37-35-33-31-29-25-23-21-19-17-15-13-11-9-7-2/h17,19,23-26,52H,6-16,18,20-22,27-51H2,1-5H3/b19-17-,25-23-,26-24-. The van der Waals surface area contributed by atoms with Gasteiger partial charge >= 0.3 is 5.97 Å². The molecule has 0 aromatic rings. The van der Waals surface area contributed by atoms with Gasteiger partial charge in [-0.25, -0.2) is 0 Å². The number of hydrogen-bond acceptors (Lipinski definition) is 7. The average molecular weight is 896 g/mol. The van der Waals surface area contributed by atoms with Crippen LogP contribution in [-0.4, -0.2) is 70.7 Å². The van der Waals surface area contributed by atoms with Gasteiger partial charge in [-0.15, -0.1) is 0 Å². The van der Waals surface area contributed by atoms with Gasteiger partial charge in [0, 0.05) is 13.0 Å². The Hall–Kier alpha value is -1.28. The highest BCUT2D eigenvalue weighted by molar-refractivity contribution is 7.45. The smallest absolute Gasteiger partial charge is 0.306 e. The minimum Gasteiger partial charge on any atom is -0.756 e. The van der Waals surface area contributed by atoms with E-state index < -0.39 is 13.9 Å². The Labute approximate surface area is 385 Å². The van der Waals surface area contributed by atoms with Gasteiger partial charge in [-0.05, 0) is 70.6 Å². The van der Waals surface area contributed by atoms with Crippen molar-refractivity contribution in [1.29, 1.82) is 0 Å². The summed E-state index contributed by atoms with van der Waals surface area (Å²) in [4.78, 5) is 25.2. The van der Waals surface area contributed by atoms with Gasteiger partial charge < -0.3 is 27.9 Å². The molecule has 0 aromatic heterocycles. The number of phosphoric acid groups is 1. The summed E-state index contributed by atoms with van der Waals surface area (Å²) < 4.78 is 34.8. The van der Waals surface area contributed by atoms with Crippen molar-refractivity contribution in [3.63, 3.8) is 0 Å². The number of carbonyl (C=O) groups excluding carboxylic acids is 1. The first kappa shape index (κ1) is 60.7. The second-order valence-corrected chi connectivity index (χ2v) is 20.3. The molecule has 366 valence electrons. The van der Waals surface area contributed by atoms with Gasteiger partial charge in [0.1, 0.15) is 19.3 Å². The van der Waals surface area contributed by atoms with Crippen molar-refractivity contribution in [3.8, 4) is 0 Å². The van der Waals surface area contributed by atoms with E-state index in [1.807, 2.05) is 21.1 Å². The molecule has 0 heterocycles. The van der Waals surface area contributed by atoms with E-state index in [2.05, 4.69) is 50.3 Å². The summed E-state index contributed by atoms with van der Waals surface area (Å²) in [6.07, 6.45) is 55.9. The number of phosphoric ester groups is 1. The molecule has 0 fully saturated rings. The molecule has 2 unspecified atom stereocenters. The summed E-state index contributed by atoms with van der Waals surface area (Å²) in [6.45, 7) is 5.41. The third-order valence-electron chi connectivity index (χ3n) is 11.4. The van der Waals surface area contributed by atoms with E-state index in [1.54, 1.807) is 0 Å². The van der Waals surface area contributed by atoms with Crippen LogP contribution in [0.3, 0.4) is 0 Å². The number of rotatable bonds is 49. The Morgan fingerprint density at radius 1 is 0.500 bits per heavy atom. The van der Waals surface area contributed by atoms with E-state index in [-0.39, 0.29) is 25.8 Å². The lowest BCUT2D eigenvalue weighted by Crippen LogP contribution is -2.37. The summed E-state index contributed by atoms with van der Waals surface area (Å²) in [5.74, 6) is -0.336. The quantitative estimate of drug-likeness (QED) is 0.0197. The number of esters is 1. The fourth-order valence-electron chi connectivity index (χ4n) is 7.34. The highest BCUT2D eigenvalue weighted by atomic mass is 31.2. The second kappa shape index (κ2) is 46.3. The Kier molecular flexibility index (Phi) is 45.3. The average Bonchev–Trinajstić information content (AvgIpc) is 3.23. The van der Waals surface area contributed by atoms with Crippen LogP contribution >= 0.6 is 7.82 Å². The molecule has 0 aliphatic rings. The molecule has 2 atom stereocenters. The van der Waals surface area contributed by atoms with Gasteiger partial charge in [0.25, 0.3) is 7.82 Å². The van der Waals surface area contributed by atoms with Crippen molar-refractivity contribution in [2.24, 2.45) is 0 Å². The van der Waals surface area contributed by atoms with E-state index in [0.29, 0.717) is 24.1 Å². The number of likely N-dealkylation sites (N-methyl/N-ethyl adjacent to an activating group) is 1. The molecule has 0 radical (unpaired) electrons. The fourth-order valence-corrected chi connectivity index (χ4v) is 8.07. The van der Waals surface area contributed by atoms with Gasteiger partial charge in [0.15, 0.2) is 0 Å². The summed E-state index contributed by atoms with van der Waals surface area (Å²) >= 11 is 0. The van der Waals surface area contributed by atoms with Gasteiger partial charge in [-0.3, -0.25) is 9.36 Å². The second-order valence-electron chi connectivity index (χ2n) is 18.9. The molecule has 0 aliphatic heterocycles. The minimum absolute atomic E-state index is 0.0249. The molecule has 9 heteroatoms. The molecule has 0 saturated carbocycles. The molecule has 0 spiro atoms. The SMILES string of the molecule is CCCCCC/C=C\C/C=C\CCCCCCCCCCOCC(COP(=O)([O-])OCC[N+](C)(C)C)OC(=O)CCCCCCCCCCC/C=C\CCCCCCCCCC. The minimum atomic E-state index is -4.53. The molecule has 0 N–H and O–H groups in total. The lowest BCUT2D eigenvalue weighted by molar-refractivity contribution is -0.870. The van der Waals surface area contributed by atoms with Crippen molar-refractivity contribution in [3.05, 3.63) is 36.5 Å². The van der Waals surface area contributed by atoms with Crippen LogP contribution in [-0.2, 0) is 27.9 Å². The van der Waals surface area contributed by atoms with Gasteiger partial charge in [-0.2, -0.15) is 0 Å². The van der Waals surface area contributed by atoms with Crippen LogP contribution in [0.1, 0.15) is 239 Å². The molecule has 62 heavy (non-hydrogen) atoms. The number of nitrogens with zero attached hydrogens (tertiary/aromatic N) is 1. The van der Waals surface area contributed by atoms with E-state index in [4.69, 9.17) is 18.5 Å².